The normalized spacial score (nSPS) is 12.6. The highest BCUT2D eigenvalue weighted by Gasteiger charge is 2.08. The molecular formula is C13H16FN3O. The zero-order valence-corrected chi connectivity index (χ0v) is 10.2. The summed E-state index contributed by atoms with van der Waals surface area (Å²) in [5.74, 6) is -0.261. The molecule has 0 aliphatic rings. The fourth-order valence-corrected chi connectivity index (χ4v) is 1.63. The molecule has 0 amide bonds. The summed E-state index contributed by atoms with van der Waals surface area (Å²) >= 11 is 0. The maximum absolute atomic E-state index is 12.7. The minimum Gasteiger partial charge on any atom is -0.374 e. The van der Waals surface area contributed by atoms with Gasteiger partial charge in [0.15, 0.2) is 0 Å². The number of rotatable bonds is 5. The second-order valence-electron chi connectivity index (χ2n) is 4.04. The SMILES string of the molecule is CCn1cc(C(O)NCc2ccc(F)cc2)cn1. The fourth-order valence-electron chi connectivity index (χ4n) is 1.63. The van der Waals surface area contributed by atoms with Crippen LogP contribution in [0.4, 0.5) is 4.39 Å². The minimum atomic E-state index is -0.768. The Morgan fingerprint density at radius 1 is 1.39 bits per heavy atom. The predicted octanol–water partition coefficient (Wildman–Crippen LogP) is 1.82. The zero-order chi connectivity index (χ0) is 13.0. The molecule has 0 spiro atoms. The van der Waals surface area contributed by atoms with Crippen LogP contribution in [0.1, 0.15) is 24.3 Å². The molecule has 0 bridgehead atoms. The van der Waals surface area contributed by atoms with Crippen LogP contribution in [0, 0.1) is 5.82 Å². The van der Waals surface area contributed by atoms with Crippen LogP contribution in [0.15, 0.2) is 36.7 Å². The van der Waals surface area contributed by atoms with Gasteiger partial charge in [0.1, 0.15) is 12.0 Å². The summed E-state index contributed by atoms with van der Waals surface area (Å²) in [5.41, 5.74) is 1.64. The highest BCUT2D eigenvalue weighted by Crippen LogP contribution is 2.10. The Bertz CT molecular complexity index is 495. The van der Waals surface area contributed by atoms with Gasteiger partial charge >= 0.3 is 0 Å². The molecule has 0 fully saturated rings. The van der Waals surface area contributed by atoms with Gasteiger partial charge in [-0.25, -0.2) is 4.39 Å². The van der Waals surface area contributed by atoms with Crippen molar-refractivity contribution in [2.45, 2.75) is 26.2 Å². The molecule has 18 heavy (non-hydrogen) atoms. The third kappa shape index (κ3) is 3.15. The van der Waals surface area contributed by atoms with Gasteiger partial charge in [0.2, 0.25) is 0 Å². The summed E-state index contributed by atoms with van der Waals surface area (Å²) in [7, 11) is 0. The number of halogens is 1. The summed E-state index contributed by atoms with van der Waals surface area (Å²) in [6.45, 7) is 3.22. The number of nitrogens with zero attached hydrogens (tertiary/aromatic N) is 2. The number of aliphatic hydroxyl groups is 1. The molecule has 96 valence electrons. The maximum atomic E-state index is 12.7. The Morgan fingerprint density at radius 2 is 2.11 bits per heavy atom. The second kappa shape index (κ2) is 5.75. The summed E-state index contributed by atoms with van der Waals surface area (Å²) in [4.78, 5) is 0. The van der Waals surface area contributed by atoms with Crippen molar-refractivity contribution >= 4 is 0 Å². The average molecular weight is 249 g/mol. The molecule has 1 aromatic heterocycles. The van der Waals surface area contributed by atoms with Crippen molar-refractivity contribution in [2.75, 3.05) is 0 Å². The second-order valence-corrected chi connectivity index (χ2v) is 4.04. The highest BCUT2D eigenvalue weighted by atomic mass is 19.1. The molecule has 0 radical (unpaired) electrons. The number of nitrogens with one attached hydrogen (secondary N) is 1. The first-order chi connectivity index (χ1) is 8.69. The number of hydrogen-bond donors (Lipinski definition) is 2. The third-order valence-electron chi connectivity index (χ3n) is 2.71. The van der Waals surface area contributed by atoms with Crippen molar-refractivity contribution in [1.82, 2.24) is 15.1 Å². The van der Waals surface area contributed by atoms with Crippen molar-refractivity contribution in [3.8, 4) is 0 Å². The van der Waals surface area contributed by atoms with E-state index in [-0.39, 0.29) is 5.82 Å². The molecule has 2 aromatic rings. The van der Waals surface area contributed by atoms with Crippen LogP contribution < -0.4 is 5.32 Å². The van der Waals surface area contributed by atoms with E-state index >= 15 is 0 Å². The van der Waals surface area contributed by atoms with E-state index in [9.17, 15) is 9.50 Å². The molecule has 0 saturated heterocycles. The first-order valence-electron chi connectivity index (χ1n) is 5.87. The Kier molecular flexibility index (Phi) is 4.07. The Hall–Kier alpha value is -1.72. The topological polar surface area (TPSA) is 50.1 Å². The molecule has 4 nitrogen and oxygen atoms in total. The van der Waals surface area contributed by atoms with Crippen LogP contribution in [0.25, 0.3) is 0 Å². The first kappa shape index (κ1) is 12.7. The van der Waals surface area contributed by atoms with Gasteiger partial charge in [-0.1, -0.05) is 12.1 Å². The number of benzene rings is 1. The number of aliphatic hydroxyl groups excluding tert-OH is 1. The largest absolute Gasteiger partial charge is 0.374 e. The van der Waals surface area contributed by atoms with Crippen molar-refractivity contribution < 1.29 is 9.50 Å². The number of hydrogen-bond acceptors (Lipinski definition) is 3. The van der Waals surface area contributed by atoms with Gasteiger partial charge in [0.25, 0.3) is 0 Å². The summed E-state index contributed by atoms with van der Waals surface area (Å²) in [6.07, 6.45) is 2.66. The van der Waals surface area contributed by atoms with Crippen molar-refractivity contribution in [2.24, 2.45) is 0 Å². The van der Waals surface area contributed by atoms with Crippen LogP contribution in [0.3, 0.4) is 0 Å². The summed E-state index contributed by atoms with van der Waals surface area (Å²) in [5, 5.41) is 16.9. The van der Waals surface area contributed by atoms with E-state index in [1.165, 1.54) is 12.1 Å². The first-order valence-corrected chi connectivity index (χ1v) is 5.87. The van der Waals surface area contributed by atoms with E-state index in [1.54, 1.807) is 29.2 Å². The van der Waals surface area contributed by atoms with Crippen LogP contribution >= 0.6 is 0 Å². The van der Waals surface area contributed by atoms with E-state index in [4.69, 9.17) is 0 Å². The van der Waals surface area contributed by atoms with Crippen LogP contribution in [-0.2, 0) is 13.1 Å². The lowest BCUT2D eigenvalue weighted by molar-refractivity contribution is 0.137. The van der Waals surface area contributed by atoms with Crippen LogP contribution in [-0.4, -0.2) is 14.9 Å². The van der Waals surface area contributed by atoms with Gasteiger partial charge in [-0.05, 0) is 24.6 Å². The molecule has 1 unspecified atom stereocenters. The van der Waals surface area contributed by atoms with Gasteiger partial charge < -0.3 is 5.11 Å². The third-order valence-corrected chi connectivity index (χ3v) is 2.71. The molecule has 1 aromatic carbocycles. The van der Waals surface area contributed by atoms with Gasteiger partial charge in [-0.3, -0.25) is 10.00 Å². The smallest absolute Gasteiger partial charge is 0.134 e. The lowest BCUT2D eigenvalue weighted by Gasteiger charge is -2.10. The van der Waals surface area contributed by atoms with E-state index in [1.807, 2.05) is 6.92 Å². The molecule has 0 aliphatic carbocycles. The standard InChI is InChI=1S/C13H16FN3O/c1-2-17-9-11(8-16-17)13(18)15-7-10-3-5-12(14)6-4-10/h3-6,8-9,13,15,18H,2,7H2,1H3. The monoisotopic (exact) mass is 249 g/mol. The molecular weight excluding hydrogens is 233 g/mol. The molecule has 1 heterocycles. The molecule has 5 heteroatoms. The van der Waals surface area contributed by atoms with E-state index in [0.29, 0.717) is 6.54 Å². The van der Waals surface area contributed by atoms with E-state index < -0.39 is 6.23 Å². The molecule has 0 aliphatic heterocycles. The number of aryl methyl sites for hydroxylation is 1. The Labute approximate surface area is 105 Å². The van der Waals surface area contributed by atoms with Crippen LogP contribution in [0.5, 0.6) is 0 Å². The average Bonchev–Trinajstić information content (AvgIpc) is 2.86. The highest BCUT2D eigenvalue weighted by molar-refractivity contribution is 5.16. The molecule has 0 saturated carbocycles. The predicted molar refractivity (Wildman–Crippen MR) is 66.1 cm³/mol. The molecule has 2 N–H and O–H groups in total. The van der Waals surface area contributed by atoms with Crippen molar-refractivity contribution in [3.63, 3.8) is 0 Å². The number of aromatic nitrogens is 2. The van der Waals surface area contributed by atoms with Gasteiger partial charge in [-0.2, -0.15) is 5.10 Å². The Morgan fingerprint density at radius 3 is 2.72 bits per heavy atom. The quantitative estimate of drug-likeness (QED) is 0.795. The maximum Gasteiger partial charge on any atom is 0.134 e. The lowest BCUT2D eigenvalue weighted by Crippen LogP contribution is -2.19. The van der Waals surface area contributed by atoms with Crippen molar-refractivity contribution in [3.05, 3.63) is 53.6 Å². The zero-order valence-electron chi connectivity index (χ0n) is 10.2. The minimum absolute atomic E-state index is 0.261. The van der Waals surface area contributed by atoms with E-state index in [0.717, 1.165) is 17.7 Å². The summed E-state index contributed by atoms with van der Waals surface area (Å²) in [6, 6.07) is 6.17. The Balaban J connectivity index is 1.91. The molecule has 1 atom stereocenters. The van der Waals surface area contributed by atoms with Gasteiger partial charge in [0.05, 0.1) is 6.20 Å². The lowest BCUT2D eigenvalue weighted by atomic mass is 10.2. The van der Waals surface area contributed by atoms with Crippen LogP contribution in [0.2, 0.25) is 0 Å². The van der Waals surface area contributed by atoms with Crippen molar-refractivity contribution in [1.29, 1.82) is 0 Å². The summed E-state index contributed by atoms with van der Waals surface area (Å²) < 4.78 is 14.5. The van der Waals surface area contributed by atoms with Gasteiger partial charge in [0, 0.05) is 24.8 Å². The fraction of sp³-hybridized carbons (Fsp3) is 0.308. The van der Waals surface area contributed by atoms with E-state index in [2.05, 4.69) is 10.4 Å². The van der Waals surface area contributed by atoms with Gasteiger partial charge in [-0.15, -0.1) is 0 Å². The molecule has 2 rings (SSSR count).